The normalized spacial score (nSPS) is 15.3. The lowest BCUT2D eigenvalue weighted by atomic mass is 10.0. The molecule has 7 nitrogen and oxygen atoms in total. The number of carbonyl (C=O) groups is 2. The smallest absolute Gasteiger partial charge is 0.254 e. The lowest BCUT2D eigenvalue weighted by Crippen LogP contribution is -2.49. The Hall–Kier alpha value is -3.35. The summed E-state index contributed by atoms with van der Waals surface area (Å²) in [6, 6.07) is 17.8. The Morgan fingerprint density at radius 2 is 1.87 bits per heavy atom. The van der Waals surface area contributed by atoms with Crippen LogP contribution in [0.3, 0.4) is 0 Å². The maximum Gasteiger partial charge on any atom is 0.254 e. The maximum atomic E-state index is 12.5. The van der Waals surface area contributed by atoms with E-state index >= 15 is 0 Å². The van der Waals surface area contributed by atoms with Crippen LogP contribution >= 0.6 is 0 Å². The summed E-state index contributed by atoms with van der Waals surface area (Å²) < 4.78 is 0. The van der Waals surface area contributed by atoms with Gasteiger partial charge in [0, 0.05) is 38.8 Å². The highest BCUT2D eigenvalue weighted by Gasteiger charge is 2.22. The van der Waals surface area contributed by atoms with Crippen LogP contribution in [-0.2, 0) is 11.3 Å². The number of hydrogen-bond acceptors (Lipinski definition) is 3. The fraction of sp³-hybridized carbons (Fsp3) is 0.348. The van der Waals surface area contributed by atoms with Gasteiger partial charge in [0.05, 0.1) is 6.54 Å². The van der Waals surface area contributed by atoms with Crippen molar-refractivity contribution in [2.24, 2.45) is 4.99 Å². The van der Waals surface area contributed by atoms with Crippen molar-refractivity contribution in [2.75, 3.05) is 33.2 Å². The topological polar surface area (TPSA) is 85.8 Å². The third-order valence-electron chi connectivity index (χ3n) is 5.15. The van der Waals surface area contributed by atoms with Crippen molar-refractivity contribution in [3.8, 4) is 0 Å². The zero-order valence-electron chi connectivity index (χ0n) is 17.5. The second-order valence-corrected chi connectivity index (χ2v) is 7.39. The molecule has 1 aliphatic heterocycles. The van der Waals surface area contributed by atoms with Crippen molar-refractivity contribution < 1.29 is 9.59 Å². The molecule has 0 saturated carbocycles. The van der Waals surface area contributed by atoms with Crippen LogP contribution in [0.25, 0.3) is 0 Å². The Bertz CT molecular complexity index is 880. The molecular formula is C23H29N5O2. The minimum absolute atomic E-state index is 0.114. The molecule has 2 aromatic rings. The molecule has 1 unspecified atom stereocenters. The van der Waals surface area contributed by atoms with Crippen LogP contribution in [0.15, 0.2) is 59.6 Å². The van der Waals surface area contributed by atoms with Gasteiger partial charge in [0.15, 0.2) is 5.96 Å². The predicted octanol–water partition coefficient (Wildman–Crippen LogP) is 1.73. The average molecular weight is 408 g/mol. The minimum atomic E-state index is -0.115. The molecule has 7 heteroatoms. The molecule has 30 heavy (non-hydrogen) atoms. The molecule has 158 valence electrons. The zero-order valence-corrected chi connectivity index (χ0v) is 17.5. The monoisotopic (exact) mass is 407 g/mol. The quantitative estimate of drug-likeness (QED) is 0.503. The first kappa shape index (κ1) is 21.4. The summed E-state index contributed by atoms with van der Waals surface area (Å²) in [7, 11) is 1.75. The van der Waals surface area contributed by atoms with Gasteiger partial charge in [-0.05, 0) is 29.2 Å². The maximum absolute atomic E-state index is 12.5. The average Bonchev–Trinajstić information content (AvgIpc) is 2.79. The van der Waals surface area contributed by atoms with Gasteiger partial charge in [-0.3, -0.25) is 14.6 Å². The SMILES string of the molecule is CN=C(NCc1ccc(C(=O)N2CCNC(=O)C2)cc1)NCC(C)c1ccccc1. The minimum Gasteiger partial charge on any atom is -0.356 e. The number of rotatable bonds is 6. The van der Waals surface area contributed by atoms with Gasteiger partial charge in [-0.15, -0.1) is 0 Å². The van der Waals surface area contributed by atoms with E-state index in [2.05, 4.69) is 40.0 Å². The second-order valence-electron chi connectivity index (χ2n) is 7.39. The van der Waals surface area contributed by atoms with Crippen LogP contribution < -0.4 is 16.0 Å². The molecule has 0 aliphatic carbocycles. The number of piperazine rings is 1. The first-order chi connectivity index (χ1) is 14.6. The van der Waals surface area contributed by atoms with Crippen LogP contribution in [0.4, 0.5) is 0 Å². The van der Waals surface area contributed by atoms with Gasteiger partial charge in [0.2, 0.25) is 5.91 Å². The van der Waals surface area contributed by atoms with E-state index < -0.39 is 0 Å². The van der Waals surface area contributed by atoms with Crippen molar-refractivity contribution in [3.63, 3.8) is 0 Å². The molecule has 1 heterocycles. The molecule has 0 spiro atoms. The Morgan fingerprint density at radius 3 is 2.53 bits per heavy atom. The van der Waals surface area contributed by atoms with E-state index in [-0.39, 0.29) is 18.4 Å². The van der Waals surface area contributed by atoms with Gasteiger partial charge in [0.25, 0.3) is 5.91 Å². The van der Waals surface area contributed by atoms with E-state index in [0.29, 0.717) is 31.1 Å². The number of nitrogens with zero attached hydrogens (tertiary/aromatic N) is 2. The third kappa shape index (κ3) is 5.83. The lowest BCUT2D eigenvalue weighted by Gasteiger charge is -2.26. The molecule has 0 bridgehead atoms. The molecule has 2 aromatic carbocycles. The highest BCUT2D eigenvalue weighted by atomic mass is 16.2. The molecule has 0 radical (unpaired) electrons. The highest BCUT2D eigenvalue weighted by molar-refractivity contribution is 5.97. The molecule has 3 rings (SSSR count). The molecule has 0 aromatic heterocycles. The molecule has 3 N–H and O–H groups in total. The van der Waals surface area contributed by atoms with Crippen molar-refractivity contribution in [1.82, 2.24) is 20.9 Å². The van der Waals surface area contributed by atoms with Crippen molar-refractivity contribution >= 4 is 17.8 Å². The van der Waals surface area contributed by atoms with Gasteiger partial charge < -0.3 is 20.9 Å². The van der Waals surface area contributed by atoms with Gasteiger partial charge in [0.1, 0.15) is 0 Å². The first-order valence-corrected chi connectivity index (χ1v) is 10.2. The Morgan fingerprint density at radius 1 is 1.13 bits per heavy atom. The first-order valence-electron chi connectivity index (χ1n) is 10.2. The Kier molecular flexibility index (Phi) is 7.43. The number of guanidine groups is 1. The van der Waals surface area contributed by atoms with E-state index in [4.69, 9.17) is 0 Å². The van der Waals surface area contributed by atoms with E-state index in [1.165, 1.54) is 5.56 Å². The largest absolute Gasteiger partial charge is 0.356 e. The summed E-state index contributed by atoms with van der Waals surface area (Å²) in [5, 5.41) is 9.38. The number of amides is 2. The molecular weight excluding hydrogens is 378 g/mol. The molecule has 1 fully saturated rings. The van der Waals surface area contributed by atoms with Crippen LogP contribution in [0.5, 0.6) is 0 Å². The number of carbonyl (C=O) groups excluding carboxylic acids is 2. The van der Waals surface area contributed by atoms with Crippen molar-refractivity contribution in [1.29, 1.82) is 0 Å². The lowest BCUT2D eigenvalue weighted by molar-refractivity contribution is -0.123. The van der Waals surface area contributed by atoms with Gasteiger partial charge in [-0.2, -0.15) is 0 Å². The van der Waals surface area contributed by atoms with Crippen LogP contribution in [-0.4, -0.2) is 55.9 Å². The number of aliphatic imine (C=N–C) groups is 1. The molecule has 1 aliphatic rings. The molecule has 2 amide bonds. The van der Waals surface area contributed by atoms with Gasteiger partial charge >= 0.3 is 0 Å². The zero-order chi connectivity index (χ0) is 21.3. The third-order valence-corrected chi connectivity index (χ3v) is 5.15. The predicted molar refractivity (Wildman–Crippen MR) is 118 cm³/mol. The standard InChI is InChI=1S/C23H29N5O2/c1-17(19-6-4-3-5-7-19)14-26-23(24-2)27-15-18-8-10-20(11-9-18)22(30)28-13-12-25-21(29)16-28/h3-11,17H,12-16H2,1-2H3,(H,25,29)(H2,24,26,27). The number of nitrogens with one attached hydrogen (secondary N) is 3. The fourth-order valence-corrected chi connectivity index (χ4v) is 3.32. The summed E-state index contributed by atoms with van der Waals surface area (Å²) >= 11 is 0. The number of benzene rings is 2. The van der Waals surface area contributed by atoms with Crippen molar-refractivity contribution in [2.45, 2.75) is 19.4 Å². The van der Waals surface area contributed by atoms with E-state index in [0.717, 1.165) is 18.1 Å². The van der Waals surface area contributed by atoms with E-state index in [1.807, 2.05) is 30.3 Å². The summed E-state index contributed by atoms with van der Waals surface area (Å²) in [5.74, 6) is 0.872. The summed E-state index contributed by atoms with van der Waals surface area (Å²) in [4.78, 5) is 29.9. The second kappa shape index (κ2) is 10.4. The van der Waals surface area contributed by atoms with Crippen LogP contribution in [0.1, 0.15) is 34.3 Å². The van der Waals surface area contributed by atoms with Crippen LogP contribution in [0, 0.1) is 0 Å². The van der Waals surface area contributed by atoms with E-state index in [1.54, 1.807) is 24.1 Å². The van der Waals surface area contributed by atoms with Crippen molar-refractivity contribution in [3.05, 3.63) is 71.3 Å². The van der Waals surface area contributed by atoms with Gasteiger partial charge in [-0.1, -0.05) is 49.4 Å². The van der Waals surface area contributed by atoms with E-state index in [9.17, 15) is 9.59 Å². The molecule has 1 saturated heterocycles. The highest BCUT2D eigenvalue weighted by Crippen LogP contribution is 2.13. The number of hydrogen-bond donors (Lipinski definition) is 3. The molecule has 1 atom stereocenters. The summed E-state index contributed by atoms with van der Waals surface area (Å²) in [6.07, 6.45) is 0. The Labute approximate surface area is 177 Å². The Balaban J connectivity index is 1.48. The summed E-state index contributed by atoms with van der Waals surface area (Å²) in [6.45, 7) is 4.71. The summed E-state index contributed by atoms with van der Waals surface area (Å²) in [5.41, 5.74) is 2.92. The van der Waals surface area contributed by atoms with Gasteiger partial charge in [-0.25, -0.2) is 0 Å². The fourth-order valence-electron chi connectivity index (χ4n) is 3.32. The van der Waals surface area contributed by atoms with Crippen LogP contribution in [0.2, 0.25) is 0 Å².